The molecule has 3 aromatic carbocycles. The smallest absolute Gasteiger partial charge is 0.321 e. The van der Waals surface area contributed by atoms with E-state index in [4.69, 9.17) is 9.47 Å². The molecule has 5 rings (SSSR count). The van der Waals surface area contributed by atoms with Crippen molar-refractivity contribution in [3.63, 3.8) is 0 Å². The summed E-state index contributed by atoms with van der Waals surface area (Å²) in [6, 6.07) is 20.6. The number of fused-ring (bicyclic) bond motifs is 1. The Kier molecular flexibility index (Phi) is 12.4. The zero-order chi connectivity index (χ0) is 36.9. The molecule has 6 N–H and O–H groups in total. The van der Waals surface area contributed by atoms with Crippen LogP contribution < -0.4 is 15.5 Å². The van der Waals surface area contributed by atoms with Crippen molar-refractivity contribution in [2.75, 3.05) is 36.7 Å². The fourth-order valence-corrected chi connectivity index (χ4v) is 9.53. The second kappa shape index (κ2) is 16.4. The van der Waals surface area contributed by atoms with Crippen LogP contribution in [0.4, 0.5) is 16.2 Å². The third-order valence-electron chi connectivity index (χ3n) is 10.3. The van der Waals surface area contributed by atoms with Crippen LogP contribution in [-0.4, -0.2) is 98.1 Å². The number of unbranched alkanes of at least 4 members (excludes halogenated alkanes) is 1. The molecule has 51 heavy (non-hydrogen) atoms. The molecule has 0 saturated carbocycles. The fourth-order valence-electron chi connectivity index (χ4n) is 7.28. The highest BCUT2D eigenvalue weighted by atomic mass is 32.2. The van der Waals surface area contributed by atoms with E-state index in [0.717, 1.165) is 24.1 Å². The number of aliphatic hydroxyl groups is 4. The minimum Gasteiger partial charge on any atom is -0.394 e. The van der Waals surface area contributed by atoms with Crippen molar-refractivity contribution in [2.24, 2.45) is 5.41 Å². The van der Waals surface area contributed by atoms with E-state index >= 15 is 0 Å². The number of nitrogens with zero attached hydrogens (tertiary/aromatic N) is 1. The number of ether oxygens (including phenoxy) is 2. The Bertz CT molecular complexity index is 1740. The highest BCUT2D eigenvalue weighted by Crippen LogP contribution is 2.49. The fraction of sp³-hybridized carbons (Fsp3) is 0.500. The molecule has 2 aliphatic rings. The van der Waals surface area contributed by atoms with Crippen LogP contribution in [0.1, 0.15) is 62.1 Å². The van der Waals surface area contributed by atoms with E-state index in [1.165, 1.54) is 0 Å². The lowest BCUT2D eigenvalue weighted by molar-refractivity contribution is -0.247. The normalized spacial score (nSPS) is 28.7. The zero-order valence-corrected chi connectivity index (χ0v) is 30.4. The number of hydrogen-bond acceptors (Lipinski definition) is 10. The number of anilines is 2. The third-order valence-corrected chi connectivity index (χ3v) is 12.3. The van der Waals surface area contributed by atoms with Crippen LogP contribution in [-0.2, 0) is 25.9 Å². The Hall–Kier alpha value is -3.56. The number of aliphatic hydroxyl groups excluding tert-OH is 4. The highest BCUT2D eigenvalue weighted by Gasteiger charge is 2.49. The molecule has 2 unspecified atom stereocenters. The lowest BCUT2D eigenvalue weighted by atomic mass is 9.69. The number of carbonyl (C=O) groups excluding carboxylic acids is 1. The van der Waals surface area contributed by atoms with Crippen molar-refractivity contribution >= 4 is 27.2 Å². The molecule has 0 aliphatic carbocycles. The topological polar surface area (TPSA) is 178 Å². The van der Waals surface area contributed by atoms with Crippen LogP contribution in [0, 0.1) is 5.41 Å². The zero-order valence-electron chi connectivity index (χ0n) is 29.6. The summed E-state index contributed by atoms with van der Waals surface area (Å²) in [5, 5.41) is 49.4. The van der Waals surface area contributed by atoms with Gasteiger partial charge < -0.3 is 45.4 Å². The number of rotatable bonds is 12. The summed E-state index contributed by atoms with van der Waals surface area (Å²) in [5.74, 6) is -0.900. The summed E-state index contributed by atoms with van der Waals surface area (Å²) in [7, 11) is -0.0363. The van der Waals surface area contributed by atoms with E-state index < -0.39 is 70.6 Å². The van der Waals surface area contributed by atoms with Gasteiger partial charge >= 0.3 is 6.03 Å². The lowest BCUT2D eigenvalue weighted by Gasteiger charge is -2.42. The van der Waals surface area contributed by atoms with E-state index in [-0.39, 0.29) is 17.3 Å². The molecule has 2 aliphatic heterocycles. The van der Waals surface area contributed by atoms with Gasteiger partial charge in [-0.2, -0.15) is 0 Å². The first-order valence-electron chi connectivity index (χ1n) is 17.5. The SMILES string of the molecule is CCCC[C@]1(CC)CS(=O)(=O)c2ccc(N(C)C)cc2[C@H](c2cccc(NC(=O)NC3OC(CO)[C@@H](O)[C@H](OCc4ccccc4)[C@H]3O)c2)[C@@H]1O. The molecule has 1 fully saturated rings. The molecule has 0 aromatic heterocycles. The molecule has 0 spiro atoms. The van der Waals surface area contributed by atoms with Crippen LogP contribution in [0.15, 0.2) is 77.7 Å². The van der Waals surface area contributed by atoms with Crippen molar-refractivity contribution in [3.8, 4) is 0 Å². The maximum Gasteiger partial charge on any atom is 0.321 e. The Morgan fingerprint density at radius 3 is 2.41 bits per heavy atom. The van der Waals surface area contributed by atoms with E-state index in [1.54, 1.807) is 30.3 Å². The number of hydrogen-bond donors (Lipinski definition) is 6. The molecular formula is C38H51N3O9S. The van der Waals surface area contributed by atoms with E-state index in [1.807, 2.05) is 75.3 Å². The average Bonchev–Trinajstić information content (AvgIpc) is 3.18. The van der Waals surface area contributed by atoms with Crippen molar-refractivity contribution in [2.45, 2.75) is 93.7 Å². The van der Waals surface area contributed by atoms with Gasteiger partial charge in [-0.15, -0.1) is 0 Å². The summed E-state index contributed by atoms with van der Waals surface area (Å²) in [6.07, 6.45) is -4.90. The van der Waals surface area contributed by atoms with Crippen molar-refractivity contribution in [3.05, 3.63) is 89.5 Å². The Morgan fingerprint density at radius 1 is 1.00 bits per heavy atom. The average molecular weight is 726 g/mol. The Morgan fingerprint density at radius 2 is 1.75 bits per heavy atom. The Labute approximate surface area is 300 Å². The summed E-state index contributed by atoms with van der Waals surface area (Å²) in [4.78, 5) is 15.4. The second-order valence-electron chi connectivity index (χ2n) is 13.9. The van der Waals surface area contributed by atoms with E-state index in [2.05, 4.69) is 10.6 Å². The molecule has 0 radical (unpaired) electrons. The number of nitrogens with one attached hydrogen (secondary N) is 2. The Balaban J connectivity index is 1.42. The molecule has 278 valence electrons. The maximum atomic E-state index is 14.0. The molecular weight excluding hydrogens is 674 g/mol. The van der Waals surface area contributed by atoms with Gasteiger partial charge in [-0.25, -0.2) is 13.2 Å². The quantitative estimate of drug-likeness (QED) is 0.161. The number of carbonyl (C=O) groups is 1. The number of benzene rings is 3. The highest BCUT2D eigenvalue weighted by molar-refractivity contribution is 7.91. The molecule has 12 nitrogen and oxygen atoms in total. The molecule has 13 heteroatoms. The predicted molar refractivity (Wildman–Crippen MR) is 194 cm³/mol. The van der Waals surface area contributed by atoms with Crippen LogP contribution in [0.2, 0.25) is 0 Å². The van der Waals surface area contributed by atoms with Crippen LogP contribution >= 0.6 is 0 Å². The minimum atomic E-state index is -3.77. The van der Waals surface area contributed by atoms with Crippen molar-refractivity contribution in [1.29, 1.82) is 0 Å². The molecule has 1 saturated heterocycles. The summed E-state index contributed by atoms with van der Waals surface area (Å²) >= 11 is 0. The van der Waals surface area contributed by atoms with Crippen molar-refractivity contribution in [1.82, 2.24) is 5.32 Å². The third kappa shape index (κ3) is 8.41. The van der Waals surface area contributed by atoms with Gasteiger partial charge in [0.15, 0.2) is 16.1 Å². The van der Waals surface area contributed by atoms with Gasteiger partial charge in [0.1, 0.15) is 24.4 Å². The van der Waals surface area contributed by atoms with E-state index in [9.17, 15) is 33.6 Å². The first-order chi connectivity index (χ1) is 24.3. The van der Waals surface area contributed by atoms with Gasteiger partial charge in [0.2, 0.25) is 0 Å². The van der Waals surface area contributed by atoms with Gasteiger partial charge in [0.25, 0.3) is 0 Å². The molecule has 2 amide bonds. The second-order valence-corrected chi connectivity index (χ2v) is 15.8. The van der Waals surface area contributed by atoms with Gasteiger partial charge in [0, 0.05) is 36.8 Å². The van der Waals surface area contributed by atoms with Crippen molar-refractivity contribution < 1.29 is 43.1 Å². The lowest BCUT2D eigenvalue weighted by Crippen LogP contribution is -2.64. The number of sulfone groups is 1. The van der Waals surface area contributed by atoms with Crippen LogP contribution in [0.25, 0.3) is 0 Å². The molecule has 8 atom stereocenters. The predicted octanol–water partition coefficient (Wildman–Crippen LogP) is 3.77. The largest absolute Gasteiger partial charge is 0.394 e. The monoisotopic (exact) mass is 725 g/mol. The van der Waals surface area contributed by atoms with Gasteiger partial charge in [0.05, 0.1) is 30.0 Å². The standard InChI is InChI=1S/C38H51N3O9S/c1-5-7-18-38(6-2)23-51(47,48)30-17-16-27(41(3)4)20-28(30)31(35(38)45)25-14-11-15-26(19-25)39-37(46)40-36-33(44)34(32(43)29(21-42)50-36)49-22-24-12-9-8-10-13-24/h8-17,19-20,29,31-36,42-45H,5-7,18,21-23H2,1-4H3,(H2,39,40,46)/t29?,31-,32+,33+,34-,35-,36?,38+/m0/s1. The molecule has 3 aromatic rings. The molecule has 2 heterocycles. The summed E-state index contributed by atoms with van der Waals surface area (Å²) in [6.45, 7) is 3.47. The summed E-state index contributed by atoms with van der Waals surface area (Å²) in [5.41, 5.74) is 2.16. The maximum absolute atomic E-state index is 14.0. The number of amides is 2. The van der Waals surface area contributed by atoms with Gasteiger partial charge in [-0.1, -0.05) is 69.2 Å². The first-order valence-corrected chi connectivity index (χ1v) is 19.2. The first kappa shape index (κ1) is 38.7. The van der Waals surface area contributed by atoms with E-state index in [0.29, 0.717) is 29.7 Å². The minimum absolute atomic E-state index is 0.0781. The van der Waals surface area contributed by atoms with Crippen LogP contribution in [0.5, 0.6) is 0 Å². The van der Waals surface area contributed by atoms with Gasteiger partial charge in [-0.05, 0) is 59.9 Å². The number of urea groups is 1. The van der Waals surface area contributed by atoms with Crippen LogP contribution in [0.3, 0.4) is 0 Å². The molecule has 0 bridgehead atoms. The summed E-state index contributed by atoms with van der Waals surface area (Å²) < 4.78 is 39.5. The van der Waals surface area contributed by atoms with Gasteiger partial charge in [-0.3, -0.25) is 0 Å².